The lowest BCUT2D eigenvalue weighted by atomic mass is 10.1. The fourth-order valence-electron chi connectivity index (χ4n) is 2.63. The fraction of sp³-hybridized carbons (Fsp3) is 0.0870. The van der Waals surface area contributed by atoms with Gasteiger partial charge in [0.1, 0.15) is 0 Å². The Hall–Kier alpha value is -3.45. The van der Waals surface area contributed by atoms with Crippen LogP contribution < -0.4 is 15.6 Å². The molecule has 6 nitrogen and oxygen atoms in total. The van der Waals surface area contributed by atoms with E-state index >= 15 is 0 Å². The molecule has 0 unspecified atom stereocenters. The average Bonchev–Trinajstić information content (AvgIpc) is 2.74. The Labute approximate surface area is 183 Å². The minimum Gasteiger partial charge on any atom is -0.378 e. The van der Waals surface area contributed by atoms with Crippen LogP contribution in [0.4, 0.5) is 11.4 Å². The van der Waals surface area contributed by atoms with Crippen molar-refractivity contribution in [1.29, 1.82) is 0 Å². The highest BCUT2D eigenvalue weighted by atomic mass is 79.9. The van der Waals surface area contributed by atoms with Crippen LogP contribution in [-0.4, -0.2) is 32.1 Å². The first kappa shape index (κ1) is 21.3. The zero-order valence-electron chi connectivity index (χ0n) is 16.6. The SMILES string of the molecule is CN(C)c1ccc(/C=N/NC(=O)c2cccc(NC(=O)c3ccc(Br)cc3)c2)cc1. The molecule has 2 amide bonds. The molecule has 0 aliphatic heterocycles. The van der Waals surface area contributed by atoms with Gasteiger partial charge in [-0.05, 0) is 60.2 Å². The molecule has 0 aliphatic carbocycles. The number of halogens is 1. The Morgan fingerprint density at radius 3 is 2.27 bits per heavy atom. The average molecular weight is 465 g/mol. The molecular formula is C23H21BrN4O2. The summed E-state index contributed by atoms with van der Waals surface area (Å²) in [6.45, 7) is 0. The quantitative estimate of drug-likeness (QED) is 0.415. The maximum Gasteiger partial charge on any atom is 0.271 e. The maximum absolute atomic E-state index is 12.4. The standard InChI is InChI=1S/C23H21BrN4O2/c1-28(2)21-12-6-16(7-13-21)15-25-27-23(30)18-4-3-5-20(14-18)26-22(29)17-8-10-19(24)11-9-17/h3-15H,1-2H3,(H,26,29)(H,27,30)/b25-15+. The highest BCUT2D eigenvalue weighted by molar-refractivity contribution is 9.10. The van der Waals surface area contributed by atoms with E-state index in [4.69, 9.17) is 0 Å². The zero-order valence-corrected chi connectivity index (χ0v) is 18.2. The number of hydrogen-bond acceptors (Lipinski definition) is 4. The molecule has 2 N–H and O–H groups in total. The van der Waals surface area contributed by atoms with Gasteiger partial charge in [-0.15, -0.1) is 0 Å². The van der Waals surface area contributed by atoms with Crippen LogP contribution in [0.1, 0.15) is 26.3 Å². The van der Waals surface area contributed by atoms with Crippen LogP contribution in [0, 0.1) is 0 Å². The Morgan fingerprint density at radius 2 is 1.60 bits per heavy atom. The Bertz CT molecular complexity index is 1060. The van der Waals surface area contributed by atoms with Crippen LogP contribution in [0.2, 0.25) is 0 Å². The Morgan fingerprint density at radius 1 is 0.900 bits per heavy atom. The summed E-state index contributed by atoms with van der Waals surface area (Å²) in [4.78, 5) is 26.7. The van der Waals surface area contributed by atoms with Crippen LogP contribution in [0.5, 0.6) is 0 Å². The maximum atomic E-state index is 12.4. The number of amides is 2. The van der Waals surface area contributed by atoms with Crippen molar-refractivity contribution in [3.8, 4) is 0 Å². The van der Waals surface area contributed by atoms with Gasteiger partial charge >= 0.3 is 0 Å². The molecule has 0 saturated heterocycles. The summed E-state index contributed by atoms with van der Waals surface area (Å²) in [5.41, 5.74) is 5.90. The molecule has 0 saturated carbocycles. The lowest BCUT2D eigenvalue weighted by Gasteiger charge is -2.11. The number of benzene rings is 3. The van der Waals surface area contributed by atoms with Gasteiger partial charge in [-0.2, -0.15) is 5.10 Å². The normalized spacial score (nSPS) is 10.6. The zero-order chi connectivity index (χ0) is 21.5. The molecule has 7 heteroatoms. The Balaban J connectivity index is 1.61. The summed E-state index contributed by atoms with van der Waals surface area (Å²) in [5, 5.41) is 6.80. The minimum atomic E-state index is -0.365. The van der Waals surface area contributed by atoms with Gasteiger partial charge in [0.15, 0.2) is 0 Å². The number of carbonyl (C=O) groups excluding carboxylic acids is 2. The number of carbonyl (C=O) groups is 2. The molecule has 0 bridgehead atoms. The molecular weight excluding hydrogens is 444 g/mol. The lowest BCUT2D eigenvalue weighted by Crippen LogP contribution is -2.18. The minimum absolute atomic E-state index is 0.251. The van der Waals surface area contributed by atoms with Gasteiger partial charge in [-0.3, -0.25) is 9.59 Å². The second-order valence-corrected chi connectivity index (χ2v) is 7.64. The van der Waals surface area contributed by atoms with Crippen molar-refractivity contribution in [3.63, 3.8) is 0 Å². The highest BCUT2D eigenvalue weighted by Crippen LogP contribution is 2.15. The third-order valence-corrected chi connectivity index (χ3v) is 4.81. The van der Waals surface area contributed by atoms with Gasteiger partial charge in [0.2, 0.25) is 0 Å². The predicted octanol–water partition coefficient (Wildman–Crippen LogP) is 4.53. The third-order valence-electron chi connectivity index (χ3n) is 4.28. The van der Waals surface area contributed by atoms with E-state index < -0.39 is 0 Å². The number of hydrogen-bond donors (Lipinski definition) is 2. The van der Waals surface area contributed by atoms with E-state index in [0.29, 0.717) is 16.8 Å². The van der Waals surface area contributed by atoms with Crippen LogP contribution in [0.15, 0.2) is 82.4 Å². The van der Waals surface area contributed by atoms with Crippen molar-refractivity contribution >= 4 is 45.3 Å². The van der Waals surface area contributed by atoms with E-state index in [-0.39, 0.29) is 11.8 Å². The smallest absolute Gasteiger partial charge is 0.271 e. The van der Waals surface area contributed by atoms with Gasteiger partial charge in [-0.1, -0.05) is 34.1 Å². The fourth-order valence-corrected chi connectivity index (χ4v) is 2.90. The van der Waals surface area contributed by atoms with Crippen LogP contribution >= 0.6 is 15.9 Å². The summed E-state index contributed by atoms with van der Waals surface area (Å²) in [7, 11) is 3.94. The van der Waals surface area contributed by atoms with E-state index in [0.717, 1.165) is 15.7 Å². The monoisotopic (exact) mass is 464 g/mol. The summed E-state index contributed by atoms with van der Waals surface area (Å²) in [6, 6.07) is 21.5. The van der Waals surface area contributed by atoms with E-state index in [1.54, 1.807) is 54.7 Å². The molecule has 3 aromatic carbocycles. The number of nitrogens with one attached hydrogen (secondary N) is 2. The second kappa shape index (κ2) is 9.84. The summed E-state index contributed by atoms with van der Waals surface area (Å²) < 4.78 is 0.895. The number of rotatable bonds is 6. The molecule has 0 heterocycles. The van der Waals surface area contributed by atoms with Crippen molar-refractivity contribution in [2.45, 2.75) is 0 Å². The number of nitrogens with zero attached hydrogens (tertiary/aromatic N) is 2. The van der Waals surface area contributed by atoms with E-state index in [1.807, 2.05) is 43.3 Å². The molecule has 0 radical (unpaired) electrons. The largest absolute Gasteiger partial charge is 0.378 e. The molecule has 3 aromatic rings. The van der Waals surface area contributed by atoms with Crippen molar-refractivity contribution in [1.82, 2.24) is 5.43 Å². The van der Waals surface area contributed by atoms with Gasteiger partial charge in [0, 0.05) is 41.1 Å². The summed E-state index contributed by atoms with van der Waals surface area (Å²) in [6.07, 6.45) is 1.58. The van der Waals surface area contributed by atoms with Gasteiger partial charge in [-0.25, -0.2) is 5.43 Å². The van der Waals surface area contributed by atoms with Crippen LogP contribution in [0.25, 0.3) is 0 Å². The first-order chi connectivity index (χ1) is 14.4. The third kappa shape index (κ3) is 5.78. The lowest BCUT2D eigenvalue weighted by molar-refractivity contribution is 0.0953. The molecule has 3 rings (SSSR count). The topological polar surface area (TPSA) is 73.8 Å². The van der Waals surface area contributed by atoms with Gasteiger partial charge < -0.3 is 10.2 Å². The predicted molar refractivity (Wildman–Crippen MR) is 124 cm³/mol. The Kier molecular flexibility index (Phi) is 6.98. The van der Waals surface area contributed by atoms with E-state index in [9.17, 15) is 9.59 Å². The first-order valence-corrected chi connectivity index (χ1v) is 9.99. The molecule has 0 aromatic heterocycles. The summed E-state index contributed by atoms with van der Waals surface area (Å²) in [5.74, 6) is -0.616. The van der Waals surface area contributed by atoms with Crippen molar-refractivity contribution in [2.24, 2.45) is 5.10 Å². The molecule has 0 aliphatic rings. The summed E-state index contributed by atoms with van der Waals surface area (Å²) >= 11 is 3.34. The van der Waals surface area contributed by atoms with Crippen LogP contribution in [0.3, 0.4) is 0 Å². The number of hydrazone groups is 1. The first-order valence-electron chi connectivity index (χ1n) is 9.20. The van der Waals surface area contributed by atoms with Crippen molar-refractivity contribution in [3.05, 3.63) is 94.0 Å². The molecule has 0 atom stereocenters. The molecule has 152 valence electrons. The molecule has 0 fully saturated rings. The molecule has 0 spiro atoms. The van der Waals surface area contributed by atoms with Gasteiger partial charge in [0.25, 0.3) is 11.8 Å². The highest BCUT2D eigenvalue weighted by Gasteiger charge is 2.09. The van der Waals surface area contributed by atoms with E-state index in [1.165, 1.54) is 0 Å². The van der Waals surface area contributed by atoms with Crippen molar-refractivity contribution in [2.75, 3.05) is 24.3 Å². The van der Waals surface area contributed by atoms with Gasteiger partial charge in [0.05, 0.1) is 6.21 Å². The second-order valence-electron chi connectivity index (χ2n) is 6.73. The number of anilines is 2. The van der Waals surface area contributed by atoms with E-state index in [2.05, 4.69) is 31.8 Å². The van der Waals surface area contributed by atoms with Crippen molar-refractivity contribution < 1.29 is 9.59 Å². The van der Waals surface area contributed by atoms with Crippen LogP contribution in [-0.2, 0) is 0 Å². The molecule has 30 heavy (non-hydrogen) atoms.